The minimum atomic E-state index is -0.785. The molecule has 2 N–H and O–H groups in total. The summed E-state index contributed by atoms with van der Waals surface area (Å²) in [5.41, 5.74) is 9.17. The van der Waals surface area contributed by atoms with Gasteiger partial charge >= 0.3 is 0 Å². The van der Waals surface area contributed by atoms with E-state index in [0.717, 1.165) is 22.5 Å². The summed E-state index contributed by atoms with van der Waals surface area (Å²) in [5.74, 6) is -0.336. The van der Waals surface area contributed by atoms with Crippen LogP contribution in [0.2, 0.25) is 0 Å². The molecule has 146 valence electrons. The summed E-state index contributed by atoms with van der Waals surface area (Å²) >= 11 is 0. The molecule has 0 saturated heterocycles. The Morgan fingerprint density at radius 3 is 2.64 bits per heavy atom. The molecule has 8 heteroatoms. The topological polar surface area (TPSA) is 97.6 Å². The average Bonchev–Trinajstić information content (AvgIpc) is 3.07. The van der Waals surface area contributed by atoms with Crippen molar-refractivity contribution in [2.75, 3.05) is 0 Å². The molecule has 1 aromatic carbocycles. The van der Waals surface area contributed by atoms with Gasteiger partial charge in [0.05, 0.1) is 6.20 Å². The second kappa shape index (κ2) is 7.67. The molecule has 0 aliphatic carbocycles. The van der Waals surface area contributed by atoms with Gasteiger partial charge in [0.15, 0.2) is 11.8 Å². The summed E-state index contributed by atoms with van der Waals surface area (Å²) in [6.45, 7) is 9.24. The smallest absolute Gasteiger partial charge is 0.279 e. The van der Waals surface area contributed by atoms with E-state index in [1.807, 2.05) is 45.9 Å². The van der Waals surface area contributed by atoms with Crippen molar-refractivity contribution >= 4 is 17.5 Å². The fourth-order valence-electron chi connectivity index (χ4n) is 2.81. The molecule has 3 aromatic rings. The Morgan fingerprint density at radius 1 is 1.14 bits per heavy atom. The van der Waals surface area contributed by atoms with Crippen LogP contribution >= 0.6 is 0 Å². The molecular weight excluding hydrogens is 358 g/mol. The highest BCUT2D eigenvalue weighted by Crippen LogP contribution is 2.21. The van der Waals surface area contributed by atoms with Crippen LogP contribution in [0.5, 0.6) is 5.75 Å². The SMILES string of the molecule is Cc1cc(C)n2ncc(C(=O)NNC(=O)C(C)Oc3cccc(C)c3C)c2n1. The normalized spacial score (nSPS) is 11.9. The summed E-state index contributed by atoms with van der Waals surface area (Å²) in [7, 11) is 0. The van der Waals surface area contributed by atoms with Crippen LogP contribution in [0.3, 0.4) is 0 Å². The fraction of sp³-hybridized carbons (Fsp3) is 0.300. The summed E-state index contributed by atoms with van der Waals surface area (Å²) in [6, 6.07) is 7.52. The minimum Gasteiger partial charge on any atom is -0.481 e. The molecule has 8 nitrogen and oxygen atoms in total. The maximum atomic E-state index is 12.5. The second-order valence-electron chi connectivity index (χ2n) is 6.73. The van der Waals surface area contributed by atoms with Crippen molar-refractivity contribution < 1.29 is 14.3 Å². The zero-order chi connectivity index (χ0) is 20.4. The zero-order valence-corrected chi connectivity index (χ0v) is 16.5. The van der Waals surface area contributed by atoms with Crippen LogP contribution in [-0.2, 0) is 4.79 Å². The third-order valence-corrected chi connectivity index (χ3v) is 4.55. The number of ether oxygens (including phenoxy) is 1. The van der Waals surface area contributed by atoms with Crippen molar-refractivity contribution in [3.63, 3.8) is 0 Å². The lowest BCUT2D eigenvalue weighted by molar-refractivity contribution is -0.128. The molecule has 0 aliphatic rings. The van der Waals surface area contributed by atoms with Crippen LogP contribution in [0.15, 0.2) is 30.5 Å². The van der Waals surface area contributed by atoms with Gasteiger partial charge in [-0.1, -0.05) is 12.1 Å². The van der Waals surface area contributed by atoms with Crippen LogP contribution in [0, 0.1) is 27.7 Å². The monoisotopic (exact) mass is 381 g/mol. The number of benzene rings is 1. The highest BCUT2D eigenvalue weighted by Gasteiger charge is 2.19. The van der Waals surface area contributed by atoms with Crippen molar-refractivity contribution in [2.24, 2.45) is 0 Å². The molecule has 2 amide bonds. The summed E-state index contributed by atoms with van der Waals surface area (Å²) in [4.78, 5) is 29.1. The van der Waals surface area contributed by atoms with Gasteiger partial charge in [-0.25, -0.2) is 9.50 Å². The number of fused-ring (bicyclic) bond motifs is 1. The van der Waals surface area contributed by atoms with E-state index in [1.165, 1.54) is 6.20 Å². The van der Waals surface area contributed by atoms with Crippen LogP contribution in [0.4, 0.5) is 0 Å². The molecule has 2 heterocycles. The van der Waals surface area contributed by atoms with E-state index in [-0.39, 0.29) is 5.56 Å². The lowest BCUT2D eigenvalue weighted by Crippen LogP contribution is -2.47. The summed E-state index contributed by atoms with van der Waals surface area (Å²) in [5, 5.41) is 4.17. The first-order valence-electron chi connectivity index (χ1n) is 8.93. The molecule has 1 unspecified atom stereocenters. The van der Waals surface area contributed by atoms with Gasteiger partial charge in [0.1, 0.15) is 11.3 Å². The number of carbonyl (C=O) groups is 2. The molecule has 0 radical (unpaired) electrons. The number of hydrazine groups is 1. The number of aromatic nitrogens is 3. The lowest BCUT2D eigenvalue weighted by Gasteiger charge is -2.17. The number of nitrogens with one attached hydrogen (secondary N) is 2. The Bertz CT molecular complexity index is 1060. The van der Waals surface area contributed by atoms with Crippen molar-refractivity contribution in [3.05, 3.63) is 58.5 Å². The predicted octanol–water partition coefficient (Wildman–Crippen LogP) is 2.19. The second-order valence-corrected chi connectivity index (χ2v) is 6.73. The molecule has 0 saturated carbocycles. The van der Waals surface area contributed by atoms with E-state index in [4.69, 9.17) is 4.74 Å². The van der Waals surface area contributed by atoms with Crippen LogP contribution in [0.25, 0.3) is 5.65 Å². The maximum Gasteiger partial charge on any atom is 0.279 e. The highest BCUT2D eigenvalue weighted by atomic mass is 16.5. The van der Waals surface area contributed by atoms with E-state index in [2.05, 4.69) is 20.9 Å². The Kier molecular flexibility index (Phi) is 5.30. The van der Waals surface area contributed by atoms with Gasteiger partial charge in [-0.05, 0) is 57.9 Å². The van der Waals surface area contributed by atoms with Crippen molar-refractivity contribution in [3.8, 4) is 5.75 Å². The first-order valence-corrected chi connectivity index (χ1v) is 8.93. The number of hydrogen-bond donors (Lipinski definition) is 2. The van der Waals surface area contributed by atoms with Crippen LogP contribution < -0.4 is 15.6 Å². The number of hydrogen-bond acceptors (Lipinski definition) is 5. The Labute approximate surface area is 162 Å². The van der Waals surface area contributed by atoms with Gasteiger partial charge in [-0.2, -0.15) is 5.10 Å². The first-order chi connectivity index (χ1) is 13.3. The van der Waals surface area contributed by atoms with Crippen LogP contribution in [0.1, 0.15) is 39.8 Å². The van der Waals surface area contributed by atoms with E-state index in [9.17, 15) is 9.59 Å². The minimum absolute atomic E-state index is 0.273. The highest BCUT2D eigenvalue weighted by molar-refractivity contribution is 6.00. The molecule has 28 heavy (non-hydrogen) atoms. The maximum absolute atomic E-state index is 12.5. The van der Waals surface area contributed by atoms with E-state index < -0.39 is 17.9 Å². The third kappa shape index (κ3) is 3.80. The quantitative estimate of drug-likeness (QED) is 0.675. The molecule has 0 spiro atoms. The number of amides is 2. The average molecular weight is 381 g/mol. The largest absolute Gasteiger partial charge is 0.481 e. The Balaban J connectivity index is 1.66. The van der Waals surface area contributed by atoms with E-state index >= 15 is 0 Å². The Hall–Kier alpha value is -3.42. The molecule has 1 atom stereocenters. The predicted molar refractivity (Wildman–Crippen MR) is 104 cm³/mol. The number of carbonyl (C=O) groups excluding carboxylic acids is 2. The number of aryl methyl sites for hydroxylation is 3. The van der Waals surface area contributed by atoms with Crippen LogP contribution in [-0.4, -0.2) is 32.5 Å². The molecular formula is C20H23N5O3. The van der Waals surface area contributed by atoms with Gasteiger partial charge in [-0.15, -0.1) is 0 Å². The van der Waals surface area contributed by atoms with Gasteiger partial charge in [-0.3, -0.25) is 20.4 Å². The number of rotatable bonds is 4. The lowest BCUT2D eigenvalue weighted by atomic mass is 10.1. The van der Waals surface area contributed by atoms with E-state index in [1.54, 1.807) is 17.5 Å². The Morgan fingerprint density at radius 2 is 1.89 bits per heavy atom. The van der Waals surface area contributed by atoms with Gasteiger partial charge < -0.3 is 4.74 Å². The van der Waals surface area contributed by atoms with Crippen molar-refractivity contribution in [1.29, 1.82) is 0 Å². The first kappa shape index (κ1) is 19.3. The summed E-state index contributed by atoms with van der Waals surface area (Å²) < 4.78 is 7.30. The number of nitrogens with zero attached hydrogens (tertiary/aromatic N) is 3. The van der Waals surface area contributed by atoms with Gasteiger partial charge in [0.2, 0.25) is 0 Å². The van der Waals surface area contributed by atoms with Gasteiger partial charge in [0.25, 0.3) is 11.8 Å². The fourth-order valence-corrected chi connectivity index (χ4v) is 2.81. The van der Waals surface area contributed by atoms with Crippen molar-refractivity contribution in [2.45, 2.75) is 40.7 Å². The standard InChI is InChI=1S/C20H23N5O3/c1-11-7-6-8-17(14(11)4)28-15(5)19(26)23-24-20(27)16-10-21-25-13(3)9-12(2)22-18(16)25/h6-10,15H,1-5H3,(H,23,26)(H,24,27). The molecule has 0 fully saturated rings. The third-order valence-electron chi connectivity index (χ3n) is 4.55. The molecule has 3 rings (SSSR count). The van der Waals surface area contributed by atoms with Crippen molar-refractivity contribution in [1.82, 2.24) is 25.4 Å². The molecule has 0 bridgehead atoms. The molecule has 2 aromatic heterocycles. The summed E-state index contributed by atoms with van der Waals surface area (Å²) in [6.07, 6.45) is 0.638. The van der Waals surface area contributed by atoms with E-state index in [0.29, 0.717) is 11.4 Å². The molecule has 0 aliphatic heterocycles. The van der Waals surface area contributed by atoms with Gasteiger partial charge in [0, 0.05) is 11.4 Å². The zero-order valence-electron chi connectivity index (χ0n) is 16.5.